The van der Waals surface area contributed by atoms with Crippen LogP contribution in [0.2, 0.25) is 0 Å². The number of sulfonamides is 1. The van der Waals surface area contributed by atoms with E-state index in [2.05, 4.69) is 4.98 Å². The Kier molecular flexibility index (Phi) is 4.01. The monoisotopic (exact) mass is 244 g/mol. The van der Waals surface area contributed by atoms with Crippen molar-refractivity contribution in [2.75, 3.05) is 0 Å². The summed E-state index contributed by atoms with van der Waals surface area (Å²) in [6.07, 6.45) is 1.13. The van der Waals surface area contributed by atoms with Crippen molar-refractivity contribution in [3.63, 3.8) is 0 Å². The predicted octanol–water partition coefficient (Wildman–Crippen LogP) is 0.288. The Morgan fingerprint density at radius 1 is 1.44 bits per heavy atom. The van der Waals surface area contributed by atoms with Crippen molar-refractivity contribution in [3.05, 3.63) is 24.0 Å². The highest BCUT2D eigenvalue weighted by Crippen LogP contribution is 2.10. The molecular weight excluding hydrogens is 228 g/mol. The Bertz CT molecular complexity index is 440. The number of aliphatic hydroxyl groups is 1. The summed E-state index contributed by atoms with van der Waals surface area (Å²) >= 11 is 0. The van der Waals surface area contributed by atoms with Crippen LogP contribution in [0.4, 0.5) is 0 Å². The summed E-state index contributed by atoms with van der Waals surface area (Å²) in [5.74, 6) is 0.139. The first-order chi connectivity index (χ1) is 7.30. The number of primary sulfonamides is 1. The molecule has 0 spiro atoms. The predicted molar refractivity (Wildman–Crippen MR) is 60.2 cm³/mol. The van der Waals surface area contributed by atoms with Gasteiger partial charge in [-0.2, -0.15) is 0 Å². The molecule has 0 saturated heterocycles. The second-order valence-corrected chi connectivity index (χ2v) is 5.61. The molecule has 0 bridgehead atoms. The summed E-state index contributed by atoms with van der Waals surface area (Å²) in [5, 5.41) is 14.6. The lowest BCUT2D eigenvalue weighted by Crippen LogP contribution is -2.18. The Hall–Kier alpha value is -0.980. The van der Waals surface area contributed by atoms with Gasteiger partial charge in [-0.25, -0.2) is 13.6 Å². The van der Waals surface area contributed by atoms with Crippen LogP contribution in [0.3, 0.4) is 0 Å². The quantitative estimate of drug-likeness (QED) is 0.796. The first kappa shape index (κ1) is 13.1. The van der Waals surface area contributed by atoms with Gasteiger partial charge < -0.3 is 5.11 Å². The van der Waals surface area contributed by atoms with E-state index in [-0.39, 0.29) is 10.8 Å². The van der Waals surface area contributed by atoms with Crippen LogP contribution in [0, 0.1) is 5.92 Å². The van der Waals surface area contributed by atoms with Crippen molar-refractivity contribution in [3.8, 4) is 0 Å². The zero-order chi connectivity index (χ0) is 12.3. The van der Waals surface area contributed by atoms with Crippen LogP contribution in [-0.4, -0.2) is 24.6 Å². The highest BCUT2D eigenvalue weighted by atomic mass is 32.2. The molecule has 0 aliphatic rings. The fraction of sp³-hybridized carbons (Fsp3) is 0.500. The van der Waals surface area contributed by atoms with Gasteiger partial charge in [-0.1, -0.05) is 13.8 Å². The molecular formula is C10H16N2O3S. The van der Waals surface area contributed by atoms with Crippen molar-refractivity contribution < 1.29 is 13.5 Å². The molecule has 0 aliphatic carbocycles. The smallest absolute Gasteiger partial charge is 0.239 e. The molecule has 1 rings (SSSR count). The van der Waals surface area contributed by atoms with Crippen LogP contribution in [0.1, 0.15) is 19.5 Å². The Morgan fingerprint density at radius 2 is 2.06 bits per heavy atom. The van der Waals surface area contributed by atoms with E-state index in [0.29, 0.717) is 12.1 Å². The molecule has 16 heavy (non-hydrogen) atoms. The highest BCUT2D eigenvalue weighted by Gasteiger charge is 2.12. The van der Waals surface area contributed by atoms with Crippen LogP contribution in [0.25, 0.3) is 0 Å². The summed E-state index contributed by atoms with van der Waals surface area (Å²) < 4.78 is 21.9. The standard InChI is InChI=1S/C10H16N2O3S/c1-7(2)10(13)5-8-3-4-9(6-12-8)16(11,14)15/h3-4,6-7,10,13H,5H2,1-2H3,(H2,11,14,15). The van der Waals surface area contributed by atoms with Crippen LogP contribution >= 0.6 is 0 Å². The van der Waals surface area contributed by atoms with Crippen LogP contribution < -0.4 is 5.14 Å². The number of pyridine rings is 1. The minimum absolute atomic E-state index is 0.0183. The molecule has 0 saturated carbocycles. The molecule has 0 amide bonds. The van der Waals surface area contributed by atoms with E-state index in [1.54, 1.807) is 6.07 Å². The molecule has 3 N–H and O–H groups in total. The molecule has 0 fully saturated rings. The summed E-state index contributed by atoms with van der Waals surface area (Å²) in [6, 6.07) is 2.95. The van der Waals surface area contributed by atoms with Gasteiger partial charge in [-0.3, -0.25) is 4.98 Å². The third-order valence-electron chi connectivity index (χ3n) is 2.31. The number of aliphatic hydroxyl groups excluding tert-OH is 1. The van der Waals surface area contributed by atoms with Crippen molar-refractivity contribution >= 4 is 10.0 Å². The maximum Gasteiger partial charge on any atom is 0.239 e. The van der Waals surface area contributed by atoms with Gasteiger partial charge in [0.05, 0.1) is 6.10 Å². The number of hydrogen-bond acceptors (Lipinski definition) is 4. The van der Waals surface area contributed by atoms with E-state index in [1.165, 1.54) is 12.3 Å². The van der Waals surface area contributed by atoms with E-state index in [0.717, 1.165) is 0 Å². The average Bonchev–Trinajstić information content (AvgIpc) is 2.17. The fourth-order valence-electron chi connectivity index (χ4n) is 1.15. The van der Waals surface area contributed by atoms with E-state index >= 15 is 0 Å². The van der Waals surface area contributed by atoms with Crippen LogP contribution in [0.15, 0.2) is 23.2 Å². The number of aromatic nitrogens is 1. The van der Waals surface area contributed by atoms with Gasteiger partial charge in [0.15, 0.2) is 0 Å². The first-order valence-corrected chi connectivity index (χ1v) is 6.51. The summed E-state index contributed by atoms with van der Waals surface area (Å²) in [5.41, 5.74) is 0.647. The van der Waals surface area contributed by atoms with Gasteiger partial charge in [0.1, 0.15) is 4.90 Å². The molecule has 1 aromatic heterocycles. The molecule has 1 aromatic rings. The van der Waals surface area contributed by atoms with Gasteiger partial charge in [0.2, 0.25) is 10.0 Å². The minimum Gasteiger partial charge on any atom is -0.392 e. The van der Waals surface area contributed by atoms with Crippen LogP contribution in [0.5, 0.6) is 0 Å². The lowest BCUT2D eigenvalue weighted by molar-refractivity contribution is 0.124. The van der Waals surface area contributed by atoms with Gasteiger partial charge in [0, 0.05) is 18.3 Å². The zero-order valence-corrected chi connectivity index (χ0v) is 10.1. The molecule has 5 nitrogen and oxygen atoms in total. The summed E-state index contributed by atoms with van der Waals surface area (Å²) in [4.78, 5) is 3.93. The molecule has 0 aliphatic heterocycles. The Balaban J connectivity index is 2.80. The van der Waals surface area contributed by atoms with Crippen molar-refractivity contribution in [1.82, 2.24) is 4.98 Å². The number of hydrogen-bond donors (Lipinski definition) is 2. The largest absolute Gasteiger partial charge is 0.392 e. The summed E-state index contributed by atoms with van der Waals surface area (Å²) in [7, 11) is -3.69. The normalized spacial score (nSPS) is 14.1. The first-order valence-electron chi connectivity index (χ1n) is 4.96. The zero-order valence-electron chi connectivity index (χ0n) is 9.29. The fourth-order valence-corrected chi connectivity index (χ4v) is 1.61. The lowest BCUT2D eigenvalue weighted by Gasteiger charge is -2.13. The molecule has 6 heteroatoms. The van der Waals surface area contributed by atoms with E-state index in [1.807, 2.05) is 13.8 Å². The highest BCUT2D eigenvalue weighted by molar-refractivity contribution is 7.89. The summed E-state index contributed by atoms with van der Waals surface area (Å²) in [6.45, 7) is 3.81. The lowest BCUT2D eigenvalue weighted by atomic mass is 10.0. The Labute approximate surface area is 95.4 Å². The second kappa shape index (κ2) is 4.90. The van der Waals surface area contributed by atoms with E-state index in [4.69, 9.17) is 5.14 Å². The van der Waals surface area contributed by atoms with Gasteiger partial charge >= 0.3 is 0 Å². The average molecular weight is 244 g/mol. The topological polar surface area (TPSA) is 93.3 Å². The molecule has 0 aromatic carbocycles. The third kappa shape index (κ3) is 3.55. The van der Waals surface area contributed by atoms with E-state index < -0.39 is 16.1 Å². The second-order valence-electron chi connectivity index (χ2n) is 4.05. The van der Waals surface area contributed by atoms with Gasteiger partial charge in [0.25, 0.3) is 0 Å². The Morgan fingerprint density at radius 3 is 2.44 bits per heavy atom. The van der Waals surface area contributed by atoms with Crippen molar-refractivity contribution in [2.45, 2.75) is 31.3 Å². The van der Waals surface area contributed by atoms with Crippen LogP contribution in [-0.2, 0) is 16.4 Å². The molecule has 90 valence electrons. The van der Waals surface area contributed by atoms with E-state index in [9.17, 15) is 13.5 Å². The maximum atomic E-state index is 11.0. The number of rotatable bonds is 4. The molecule has 1 atom stereocenters. The van der Waals surface area contributed by atoms with Crippen molar-refractivity contribution in [1.29, 1.82) is 0 Å². The third-order valence-corrected chi connectivity index (χ3v) is 3.21. The van der Waals surface area contributed by atoms with Gasteiger partial charge in [-0.15, -0.1) is 0 Å². The number of nitrogens with zero attached hydrogens (tertiary/aromatic N) is 1. The number of nitrogens with two attached hydrogens (primary N) is 1. The molecule has 1 heterocycles. The van der Waals surface area contributed by atoms with Crippen molar-refractivity contribution in [2.24, 2.45) is 11.1 Å². The minimum atomic E-state index is -3.69. The molecule has 1 unspecified atom stereocenters. The SMILES string of the molecule is CC(C)C(O)Cc1ccc(S(N)(=O)=O)cn1. The van der Waals surface area contributed by atoms with Gasteiger partial charge in [-0.05, 0) is 18.1 Å². The molecule has 0 radical (unpaired) electrons. The maximum absolute atomic E-state index is 11.0.